The number of anilines is 2. The molecule has 312 valence electrons. The second-order valence-electron chi connectivity index (χ2n) is 17.9. The number of allylic oxidation sites excluding steroid dienone is 4. The number of nitrogens with zero attached hydrogens (tertiary/aromatic N) is 4. The molecule has 10 aromatic rings. The molecule has 0 bridgehead atoms. The third kappa shape index (κ3) is 5.10. The first-order valence-electron chi connectivity index (χ1n) is 23.2. The Kier molecular flexibility index (Phi) is 8.06. The average Bonchev–Trinajstić information content (AvgIpc) is 4.12. The van der Waals surface area contributed by atoms with Crippen LogP contribution in [0.2, 0.25) is 0 Å². The number of aromatic nitrogens is 2. The Hall–Kier alpha value is -8.33. The van der Waals surface area contributed by atoms with Crippen molar-refractivity contribution in [3.63, 3.8) is 0 Å². The highest BCUT2D eigenvalue weighted by Gasteiger charge is 2.41. The van der Waals surface area contributed by atoms with E-state index >= 15 is 0 Å². The molecule has 4 heterocycles. The highest BCUT2D eigenvalue weighted by molar-refractivity contribution is 6.22. The van der Waals surface area contributed by atoms with Gasteiger partial charge in [0.2, 0.25) is 0 Å². The number of fused-ring (bicyclic) bond motifs is 13. The molecule has 66 heavy (non-hydrogen) atoms. The van der Waals surface area contributed by atoms with E-state index in [2.05, 4.69) is 208 Å². The Balaban J connectivity index is 1.27. The van der Waals surface area contributed by atoms with Gasteiger partial charge in [0, 0.05) is 56.2 Å². The van der Waals surface area contributed by atoms with Gasteiger partial charge in [-0.15, -0.1) is 0 Å². The van der Waals surface area contributed by atoms with E-state index in [1.807, 2.05) is 0 Å². The maximum absolute atomic E-state index is 12.3. The lowest BCUT2D eigenvalue weighted by atomic mass is 9.87. The summed E-state index contributed by atoms with van der Waals surface area (Å²) >= 11 is 0. The summed E-state index contributed by atoms with van der Waals surface area (Å²) in [5, 5.41) is 16.8. The van der Waals surface area contributed by atoms with Gasteiger partial charge in [-0.05, 0) is 84.4 Å². The topological polar surface area (TPSA) is 50.0 Å². The van der Waals surface area contributed by atoms with Gasteiger partial charge in [-0.3, -0.25) is 0 Å². The molecule has 5 heteroatoms. The lowest BCUT2D eigenvalue weighted by Gasteiger charge is -2.35. The fourth-order valence-electron chi connectivity index (χ4n) is 11.9. The van der Waals surface area contributed by atoms with Gasteiger partial charge in [-0.25, -0.2) is 0 Å². The highest BCUT2D eigenvalue weighted by atomic mass is 16.3. The van der Waals surface area contributed by atoms with Crippen LogP contribution in [0.1, 0.15) is 53.0 Å². The number of para-hydroxylation sites is 3. The van der Waals surface area contributed by atoms with E-state index in [0.29, 0.717) is 5.56 Å². The van der Waals surface area contributed by atoms with Crippen molar-refractivity contribution in [2.75, 3.05) is 4.90 Å². The Morgan fingerprint density at radius 1 is 0.576 bits per heavy atom. The predicted molar refractivity (Wildman–Crippen MR) is 272 cm³/mol. The highest BCUT2D eigenvalue weighted by Crippen LogP contribution is 2.57. The lowest BCUT2D eigenvalue weighted by molar-refractivity contribution is 0.549. The molecule has 0 fully saturated rings. The Morgan fingerprint density at radius 2 is 1.26 bits per heavy atom. The van der Waals surface area contributed by atoms with Crippen molar-refractivity contribution >= 4 is 72.8 Å². The van der Waals surface area contributed by atoms with E-state index in [0.717, 1.165) is 121 Å². The molecule has 14 rings (SSSR count). The van der Waals surface area contributed by atoms with E-state index in [1.54, 1.807) is 0 Å². The monoisotopic (exact) mass is 846 g/mol. The van der Waals surface area contributed by atoms with Gasteiger partial charge in [-0.2, -0.15) is 5.26 Å². The normalized spacial score (nSPS) is 15.9. The zero-order valence-electron chi connectivity index (χ0n) is 36.2. The zero-order valence-corrected chi connectivity index (χ0v) is 36.2. The largest absolute Gasteiger partial charge is 0.460 e. The molecule has 7 aromatic carbocycles. The van der Waals surface area contributed by atoms with Crippen LogP contribution in [0.15, 0.2) is 180 Å². The molecule has 0 saturated heterocycles. The third-order valence-electron chi connectivity index (χ3n) is 14.5. The first-order chi connectivity index (χ1) is 32.8. The molecule has 0 spiro atoms. The van der Waals surface area contributed by atoms with Crippen molar-refractivity contribution in [2.45, 2.75) is 38.1 Å². The molecule has 3 aliphatic carbocycles. The van der Waals surface area contributed by atoms with Crippen molar-refractivity contribution in [3.05, 3.63) is 210 Å². The van der Waals surface area contributed by atoms with E-state index in [9.17, 15) is 5.26 Å². The fourth-order valence-corrected chi connectivity index (χ4v) is 11.9. The number of hydrogen-bond acceptors (Lipinski definition) is 3. The van der Waals surface area contributed by atoms with E-state index in [4.69, 9.17) is 4.42 Å². The standard InChI is InChI=1S/C61H42N4O/c62-37-47-55(38-19-3-1-4-20-38)59(65-52-33-17-11-28-46(52)57-53(65)36-35-45-44-27-12-18-34-54(44)66-61(45)57)60(64-50-31-15-9-25-42(50)43-26-10-16-32-51(43)64)56(39-21-5-2-6-22-39)58(47)63-48-29-13-7-23-40(48)41-24-8-14-30-49(41)63/h1-9,11-17,19-25,27-29,31-33,35-36,49H,10,18,26,30,34H2. The maximum Gasteiger partial charge on any atom is 0.144 e. The fraction of sp³-hybridized carbons (Fsp3) is 0.0984. The molecule has 1 atom stereocenters. The van der Waals surface area contributed by atoms with Crippen molar-refractivity contribution in [1.82, 2.24) is 9.13 Å². The zero-order chi connectivity index (χ0) is 43.5. The summed E-state index contributed by atoms with van der Waals surface area (Å²) in [6.07, 6.45) is 20.5. The first-order valence-corrected chi connectivity index (χ1v) is 23.2. The van der Waals surface area contributed by atoms with Crippen LogP contribution in [-0.4, -0.2) is 15.2 Å². The minimum Gasteiger partial charge on any atom is -0.460 e. The summed E-state index contributed by atoms with van der Waals surface area (Å²) < 4.78 is 12.0. The predicted octanol–water partition coefficient (Wildman–Crippen LogP) is 15.5. The summed E-state index contributed by atoms with van der Waals surface area (Å²) in [6.45, 7) is 0. The van der Waals surface area contributed by atoms with Crippen LogP contribution in [0, 0.1) is 11.3 Å². The van der Waals surface area contributed by atoms with Gasteiger partial charge in [0.05, 0.1) is 50.6 Å². The van der Waals surface area contributed by atoms with Crippen molar-refractivity contribution < 1.29 is 4.42 Å². The van der Waals surface area contributed by atoms with Crippen LogP contribution in [0.25, 0.3) is 95.0 Å². The number of furan rings is 1. The molecule has 0 saturated carbocycles. The quantitative estimate of drug-likeness (QED) is 0.173. The SMILES string of the molecule is N#Cc1c(-c2ccccc2)c(-n2c3ccccc3c3c4oc5c(c4ccc32)C=CCC5)c(-n2c3c(c4ccccc42)CCC=C3)c(-c2ccccc2)c1N1c2ccccc2C2=CC=CCC21. The number of hydrogen-bond donors (Lipinski definition) is 0. The van der Waals surface area contributed by atoms with Gasteiger partial charge in [0.1, 0.15) is 17.4 Å². The summed E-state index contributed by atoms with van der Waals surface area (Å²) in [7, 11) is 0. The Bertz CT molecular complexity index is 3860. The molecular weight excluding hydrogens is 805 g/mol. The van der Waals surface area contributed by atoms with Crippen molar-refractivity contribution in [3.8, 4) is 39.7 Å². The van der Waals surface area contributed by atoms with E-state index < -0.39 is 0 Å². The molecule has 4 aliphatic rings. The number of benzene rings is 7. The van der Waals surface area contributed by atoms with Crippen LogP contribution in [-0.2, 0) is 12.8 Å². The summed E-state index contributed by atoms with van der Waals surface area (Å²) in [5.74, 6) is 1.04. The maximum atomic E-state index is 12.3. The minimum atomic E-state index is -0.0138. The summed E-state index contributed by atoms with van der Waals surface area (Å²) in [4.78, 5) is 2.51. The van der Waals surface area contributed by atoms with Crippen LogP contribution in [0.3, 0.4) is 0 Å². The Morgan fingerprint density at radius 3 is 2.08 bits per heavy atom. The number of aryl methyl sites for hydroxylation is 2. The molecule has 1 aliphatic heterocycles. The molecule has 0 radical (unpaired) electrons. The third-order valence-corrected chi connectivity index (χ3v) is 14.5. The van der Waals surface area contributed by atoms with Crippen molar-refractivity contribution in [2.24, 2.45) is 0 Å². The average molecular weight is 847 g/mol. The summed E-state index contributed by atoms with van der Waals surface area (Å²) in [5.41, 5.74) is 18.9. The van der Waals surface area contributed by atoms with Gasteiger partial charge in [-0.1, -0.05) is 152 Å². The molecule has 1 unspecified atom stereocenters. The molecule has 0 N–H and O–H groups in total. The smallest absolute Gasteiger partial charge is 0.144 e. The van der Waals surface area contributed by atoms with Gasteiger partial charge in [0.25, 0.3) is 0 Å². The summed E-state index contributed by atoms with van der Waals surface area (Å²) in [6, 6.07) is 55.5. The van der Waals surface area contributed by atoms with Crippen molar-refractivity contribution in [1.29, 1.82) is 5.26 Å². The van der Waals surface area contributed by atoms with Gasteiger partial charge >= 0.3 is 0 Å². The molecule has 0 amide bonds. The first kappa shape index (κ1) is 37.1. The molecule has 5 nitrogen and oxygen atoms in total. The van der Waals surface area contributed by atoms with E-state index in [-0.39, 0.29) is 6.04 Å². The van der Waals surface area contributed by atoms with Crippen LogP contribution < -0.4 is 4.90 Å². The lowest BCUT2D eigenvalue weighted by Crippen LogP contribution is -2.29. The minimum absolute atomic E-state index is 0.0138. The van der Waals surface area contributed by atoms with Gasteiger partial charge in [0.15, 0.2) is 0 Å². The second-order valence-corrected chi connectivity index (χ2v) is 17.9. The number of nitriles is 1. The van der Waals surface area contributed by atoms with E-state index in [1.165, 1.54) is 33.3 Å². The van der Waals surface area contributed by atoms with Gasteiger partial charge < -0.3 is 18.5 Å². The number of rotatable bonds is 5. The Labute approximate surface area is 382 Å². The van der Waals surface area contributed by atoms with Crippen LogP contribution >= 0.6 is 0 Å². The van der Waals surface area contributed by atoms with Crippen LogP contribution in [0.5, 0.6) is 0 Å². The molecular formula is C61H42N4O. The molecule has 3 aromatic heterocycles. The van der Waals surface area contributed by atoms with Crippen LogP contribution in [0.4, 0.5) is 11.4 Å². The second kappa shape index (κ2) is 14.3.